The molecule has 26 heavy (non-hydrogen) atoms. The minimum Gasteiger partial charge on any atom is -0.457 e. The molecule has 0 saturated heterocycles. The Morgan fingerprint density at radius 2 is 1.23 bits per heavy atom. The van der Waals surface area contributed by atoms with E-state index in [0.717, 1.165) is 23.5 Å². The summed E-state index contributed by atoms with van der Waals surface area (Å²) in [7, 11) is 0. The monoisotopic (exact) mass is 462 g/mol. The molecule has 0 amide bonds. The summed E-state index contributed by atoms with van der Waals surface area (Å²) in [6.07, 6.45) is 0. The number of hydrogen-bond donors (Lipinski definition) is 4. The Kier molecular flexibility index (Phi) is 8.89. The zero-order valence-corrected chi connectivity index (χ0v) is 16.8. The fourth-order valence-corrected chi connectivity index (χ4v) is 3.02. The predicted molar refractivity (Wildman–Crippen MR) is 110 cm³/mol. The number of amidine groups is 2. The van der Waals surface area contributed by atoms with Crippen LogP contribution in [0.3, 0.4) is 0 Å². The molecule has 0 spiro atoms. The van der Waals surface area contributed by atoms with Crippen LogP contribution < -0.4 is 16.2 Å². The lowest BCUT2D eigenvalue weighted by molar-refractivity contribution is 0.470. The van der Waals surface area contributed by atoms with Crippen molar-refractivity contribution in [1.82, 2.24) is 0 Å². The van der Waals surface area contributed by atoms with E-state index < -0.39 is 11.6 Å². The van der Waals surface area contributed by atoms with E-state index >= 15 is 0 Å². The molecular formula is C16H17BrF2N4OS2. The molecular weight excluding hydrogens is 446 g/mol. The average molecular weight is 463 g/mol. The van der Waals surface area contributed by atoms with Gasteiger partial charge < -0.3 is 16.2 Å². The molecule has 0 unspecified atom stereocenters. The zero-order valence-electron chi connectivity index (χ0n) is 13.4. The van der Waals surface area contributed by atoms with Crippen LogP contribution in [0, 0.1) is 22.5 Å². The maximum absolute atomic E-state index is 13.5. The van der Waals surface area contributed by atoms with Crippen LogP contribution in [-0.2, 0) is 11.5 Å². The first-order valence-electron chi connectivity index (χ1n) is 7.03. The van der Waals surface area contributed by atoms with Crippen LogP contribution in [0.15, 0.2) is 36.4 Å². The normalized spacial score (nSPS) is 10.1. The Labute approximate surface area is 168 Å². The number of hydrogen-bond acceptors (Lipinski definition) is 5. The summed E-state index contributed by atoms with van der Waals surface area (Å²) in [5.41, 5.74) is 11.7. The van der Waals surface area contributed by atoms with Gasteiger partial charge in [0.25, 0.3) is 0 Å². The van der Waals surface area contributed by atoms with E-state index in [0.29, 0.717) is 22.6 Å². The van der Waals surface area contributed by atoms with Crippen molar-refractivity contribution in [1.29, 1.82) is 10.8 Å². The number of halogens is 3. The van der Waals surface area contributed by atoms with E-state index in [9.17, 15) is 8.78 Å². The fourth-order valence-electron chi connectivity index (χ4n) is 1.95. The molecule has 0 bridgehead atoms. The molecule has 0 aliphatic rings. The molecule has 10 heteroatoms. The molecule has 5 nitrogen and oxygen atoms in total. The molecule has 0 atom stereocenters. The molecule has 140 valence electrons. The van der Waals surface area contributed by atoms with Gasteiger partial charge in [0.1, 0.15) is 23.1 Å². The lowest BCUT2D eigenvalue weighted by atomic mass is 10.2. The van der Waals surface area contributed by atoms with Crippen molar-refractivity contribution in [3.8, 4) is 11.5 Å². The summed E-state index contributed by atoms with van der Waals surface area (Å²) in [6.45, 7) is 0. The van der Waals surface area contributed by atoms with E-state index in [1.54, 1.807) is 0 Å². The van der Waals surface area contributed by atoms with Crippen molar-refractivity contribution in [2.75, 3.05) is 0 Å². The van der Waals surface area contributed by atoms with Gasteiger partial charge in [0.2, 0.25) is 0 Å². The van der Waals surface area contributed by atoms with E-state index in [2.05, 4.69) is 0 Å². The number of nitrogens with two attached hydrogens (primary N) is 2. The second kappa shape index (κ2) is 10.4. The Morgan fingerprint density at radius 1 is 0.846 bits per heavy atom. The van der Waals surface area contributed by atoms with Crippen LogP contribution in [0.1, 0.15) is 11.1 Å². The quantitative estimate of drug-likeness (QED) is 0.370. The maximum Gasteiger partial charge on any atom is 0.151 e. The van der Waals surface area contributed by atoms with Gasteiger partial charge in [-0.05, 0) is 36.4 Å². The lowest BCUT2D eigenvalue weighted by Gasteiger charge is -2.14. The Morgan fingerprint density at radius 3 is 1.58 bits per heavy atom. The molecule has 0 saturated carbocycles. The summed E-state index contributed by atoms with van der Waals surface area (Å²) in [6, 6.07) is 8.06. The first kappa shape index (κ1) is 22.3. The van der Waals surface area contributed by atoms with Crippen LogP contribution in [0.25, 0.3) is 0 Å². The first-order valence-corrected chi connectivity index (χ1v) is 9.00. The Bertz CT molecular complexity index is 742. The maximum atomic E-state index is 13.5. The summed E-state index contributed by atoms with van der Waals surface area (Å²) in [5.74, 6) is 0.435. The van der Waals surface area contributed by atoms with Crippen molar-refractivity contribution in [3.63, 3.8) is 0 Å². The van der Waals surface area contributed by atoms with Crippen molar-refractivity contribution in [2.24, 2.45) is 11.5 Å². The second-order valence-corrected chi connectivity index (χ2v) is 6.95. The number of benzene rings is 2. The van der Waals surface area contributed by atoms with Crippen LogP contribution in [-0.4, -0.2) is 10.3 Å². The third-order valence-corrected chi connectivity index (χ3v) is 4.56. The third kappa shape index (κ3) is 6.85. The number of ether oxygens (including phenoxy) is 1. The van der Waals surface area contributed by atoms with Gasteiger partial charge in [0.15, 0.2) is 10.3 Å². The summed E-state index contributed by atoms with van der Waals surface area (Å²) < 4.78 is 32.9. The van der Waals surface area contributed by atoms with Gasteiger partial charge in [-0.3, -0.25) is 10.8 Å². The summed E-state index contributed by atoms with van der Waals surface area (Å²) in [4.78, 5) is 0. The lowest BCUT2D eigenvalue weighted by Crippen LogP contribution is -2.05. The largest absolute Gasteiger partial charge is 0.457 e. The smallest absolute Gasteiger partial charge is 0.151 e. The molecule has 0 aliphatic carbocycles. The highest BCUT2D eigenvalue weighted by molar-refractivity contribution is 8.93. The van der Waals surface area contributed by atoms with Crippen LogP contribution >= 0.6 is 40.5 Å². The van der Waals surface area contributed by atoms with Crippen molar-refractivity contribution in [3.05, 3.63) is 59.2 Å². The molecule has 0 radical (unpaired) electrons. The van der Waals surface area contributed by atoms with Crippen molar-refractivity contribution < 1.29 is 13.5 Å². The highest BCUT2D eigenvalue weighted by atomic mass is 79.9. The molecule has 0 aliphatic heterocycles. The van der Waals surface area contributed by atoms with Crippen LogP contribution in [0.2, 0.25) is 0 Å². The zero-order chi connectivity index (χ0) is 18.4. The summed E-state index contributed by atoms with van der Waals surface area (Å²) in [5, 5.41) is 14.4. The van der Waals surface area contributed by atoms with Gasteiger partial charge in [-0.15, -0.1) is 17.0 Å². The number of rotatable bonds is 6. The highest BCUT2D eigenvalue weighted by Gasteiger charge is 2.12. The first-order chi connectivity index (χ1) is 11.8. The van der Waals surface area contributed by atoms with Gasteiger partial charge in [0, 0.05) is 22.6 Å². The van der Waals surface area contributed by atoms with Crippen LogP contribution in [0.4, 0.5) is 8.78 Å². The van der Waals surface area contributed by atoms with Gasteiger partial charge in [-0.25, -0.2) is 8.78 Å². The molecule has 0 heterocycles. The van der Waals surface area contributed by atoms with Crippen molar-refractivity contribution in [2.45, 2.75) is 11.5 Å². The van der Waals surface area contributed by atoms with Gasteiger partial charge in [-0.1, -0.05) is 23.5 Å². The molecule has 0 aromatic heterocycles. The van der Waals surface area contributed by atoms with Crippen molar-refractivity contribution >= 4 is 50.8 Å². The molecule has 2 rings (SSSR count). The fraction of sp³-hybridized carbons (Fsp3) is 0.125. The minimum absolute atomic E-state index is 0. The van der Waals surface area contributed by atoms with E-state index in [-0.39, 0.29) is 38.8 Å². The van der Waals surface area contributed by atoms with E-state index in [1.165, 1.54) is 36.4 Å². The summed E-state index contributed by atoms with van der Waals surface area (Å²) >= 11 is 2.09. The van der Waals surface area contributed by atoms with Gasteiger partial charge >= 0.3 is 0 Å². The molecule has 0 fully saturated rings. The number of thioether (sulfide) groups is 2. The SMILES string of the molecule is Br.N=C(N)SCc1cc(F)ccc1Oc1ccc(F)cc1CSC(=N)N. The highest BCUT2D eigenvalue weighted by Crippen LogP contribution is 2.32. The molecule has 2 aromatic rings. The van der Waals surface area contributed by atoms with E-state index in [1.807, 2.05) is 0 Å². The molecule has 6 N–H and O–H groups in total. The Balaban J connectivity index is 0.00000338. The predicted octanol–water partition coefficient (Wildman–Crippen LogP) is 4.59. The second-order valence-electron chi connectivity index (χ2n) is 4.91. The third-order valence-electron chi connectivity index (χ3n) is 3.03. The van der Waals surface area contributed by atoms with Gasteiger partial charge in [0.05, 0.1) is 0 Å². The molecule has 2 aromatic carbocycles. The van der Waals surface area contributed by atoms with Crippen LogP contribution in [0.5, 0.6) is 11.5 Å². The topological polar surface area (TPSA) is 109 Å². The standard InChI is InChI=1S/C16H16F2N4OS2.BrH/c17-11-1-3-13(9(5-11)7-24-15(19)20)23-14-4-2-12(18)6-10(14)8-25-16(21)22;/h1-6H,7-8H2,(H3,19,20)(H3,21,22);1H. The van der Waals surface area contributed by atoms with Gasteiger partial charge in [-0.2, -0.15) is 0 Å². The average Bonchev–Trinajstić information content (AvgIpc) is 2.54. The van der Waals surface area contributed by atoms with E-state index in [4.69, 9.17) is 27.0 Å². The Hall–Kier alpha value is -1.78. The minimum atomic E-state index is -0.432. The number of nitrogens with one attached hydrogen (secondary N) is 2.